The molecule has 29 heavy (non-hydrogen) atoms. The van der Waals surface area contributed by atoms with Crippen molar-refractivity contribution in [3.05, 3.63) is 52.5 Å². The van der Waals surface area contributed by atoms with Crippen molar-refractivity contribution in [1.29, 1.82) is 0 Å². The van der Waals surface area contributed by atoms with Gasteiger partial charge in [-0.25, -0.2) is 14.4 Å². The lowest BCUT2D eigenvalue weighted by atomic mass is 10.2. The highest BCUT2D eigenvalue weighted by Gasteiger charge is 2.08. The summed E-state index contributed by atoms with van der Waals surface area (Å²) in [5.41, 5.74) is 0.253. The number of carboxylic acid groups (broad SMARTS) is 2. The first-order valence-electron chi connectivity index (χ1n) is 8.14. The molecule has 1 unspecified atom stereocenters. The van der Waals surface area contributed by atoms with E-state index in [4.69, 9.17) is 25.2 Å². The van der Waals surface area contributed by atoms with Crippen LogP contribution in [0.5, 0.6) is 5.75 Å². The van der Waals surface area contributed by atoms with Crippen molar-refractivity contribution in [1.82, 2.24) is 0 Å². The Morgan fingerprint density at radius 3 is 2.14 bits per heavy atom. The van der Waals surface area contributed by atoms with Crippen LogP contribution in [0.3, 0.4) is 0 Å². The van der Waals surface area contributed by atoms with Crippen molar-refractivity contribution >= 4 is 46.5 Å². The van der Waals surface area contributed by atoms with Crippen molar-refractivity contribution in [3.63, 3.8) is 0 Å². The first-order chi connectivity index (χ1) is 13.5. The number of carbonyl (C=O) groups excluding carboxylic acids is 1. The van der Waals surface area contributed by atoms with Crippen molar-refractivity contribution < 1.29 is 39.5 Å². The summed E-state index contributed by atoms with van der Waals surface area (Å²) in [5.74, 6) is -2.03. The number of esters is 1. The molecular formula is C19H25BrO8S. The number of aliphatic hydroxyl groups excluding tert-OH is 2. The van der Waals surface area contributed by atoms with E-state index < -0.39 is 24.0 Å². The van der Waals surface area contributed by atoms with E-state index in [9.17, 15) is 14.4 Å². The number of halogens is 1. The molecule has 1 atom stereocenters. The van der Waals surface area contributed by atoms with Gasteiger partial charge in [-0.2, -0.15) is 12.6 Å². The minimum absolute atomic E-state index is 0.132. The molecule has 0 aromatic heterocycles. The Morgan fingerprint density at radius 2 is 1.79 bits per heavy atom. The quantitative estimate of drug-likeness (QED) is 0.169. The molecule has 10 heteroatoms. The molecule has 0 radical (unpaired) electrons. The maximum atomic E-state index is 11.1. The number of para-hydroxylation sites is 1. The average molecular weight is 493 g/mol. The van der Waals surface area contributed by atoms with E-state index in [0.717, 1.165) is 4.47 Å². The van der Waals surface area contributed by atoms with Gasteiger partial charge in [-0.05, 0) is 54.1 Å². The molecule has 0 aliphatic heterocycles. The molecule has 0 aliphatic carbocycles. The van der Waals surface area contributed by atoms with Gasteiger partial charge in [0.15, 0.2) is 0 Å². The lowest BCUT2D eigenvalue weighted by Crippen LogP contribution is -2.08. The van der Waals surface area contributed by atoms with Crippen molar-refractivity contribution in [2.45, 2.75) is 26.4 Å². The van der Waals surface area contributed by atoms with Crippen molar-refractivity contribution in [2.75, 3.05) is 12.4 Å². The summed E-state index contributed by atoms with van der Waals surface area (Å²) in [4.78, 5) is 31.4. The molecule has 0 spiro atoms. The molecule has 0 fully saturated rings. The lowest BCUT2D eigenvalue weighted by Gasteiger charge is -2.04. The zero-order valence-electron chi connectivity index (χ0n) is 16.0. The molecule has 1 rings (SSSR count). The molecule has 8 nitrogen and oxygen atoms in total. The Balaban J connectivity index is 0. The number of ether oxygens (including phenoxy) is 1. The van der Waals surface area contributed by atoms with Gasteiger partial charge < -0.3 is 25.2 Å². The van der Waals surface area contributed by atoms with E-state index in [-0.39, 0.29) is 18.6 Å². The van der Waals surface area contributed by atoms with Crippen LogP contribution >= 0.6 is 28.6 Å². The maximum absolute atomic E-state index is 11.1. The van der Waals surface area contributed by atoms with Crippen LogP contribution in [0.1, 0.15) is 20.3 Å². The van der Waals surface area contributed by atoms with Crippen molar-refractivity contribution in [2.24, 2.45) is 0 Å². The van der Waals surface area contributed by atoms with Gasteiger partial charge in [-0.3, -0.25) is 0 Å². The topological polar surface area (TPSA) is 141 Å². The van der Waals surface area contributed by atoms with Gasteiger partial charge in [-0.15, -0.1) is 0 Å². The predicted octanol–water partition coefficient (Wildman–Crippen LogP) is 2.69. The maximum Gasteiger partial charge on any atom is 0.338 e. The molecule has 1 aromatic carbocycles. The lowest BCUT2D eigenvalue weighted by molar-refractivity contribution is -0.135. The van der Waals surface area contributed by atoms with Crippen LogP contribution < -0.4 is 4.74 Å². The smallest absolute Gasteiger partial charge is 0.338 e. The van der Waals surface area contributed by atoms with Gasteiger partial charge in [0.05, 0.1) is 17.2 Å². The third-order valence-electron chi connectivity index (χ3n) is 2.61. The fraction of sp³-hybridized carbons (Fsp3) is 0.316. The number of carboxylic acids is 2. The molecule has 0 saturated heterocycles. The number of hydrogen-bond acceptors (Lipinski definition) is 7. The van der Waals surface area contributed by atoms with Gasteiger partial charge in [-0.1, -0.05) is 18.7 Å². The standard InChI is InChI=1S/C10H9BrO2.C6H8O4S.C3H8O2/c1-7(2)10(12)13-9-6-4-3-5-8(9)11;7-5(8)3-4(1-2-11)6(9)10;1-3(5)2-4/h3-6H,1H2,2H3;3,11H,1-2H2,(H,7,8)(H,9,10);3-5H,2H2,1H3. The number of rotatable bonds is 7. The molecule has 162 valence electrons. The third-order valence-corrected chi connectivity index (χ3v) is 3.48. The largest absolute Gasteiger partial charge is 0.478 e. The Labute approximate surface area is 183 Å². The Morgan fingerprint density at radius 1 is 1.28 bits per heavy atom. The Hall–Kier alpha value is -2.14. The zero-order valence-corrected chi connectivity index (χ0v) is 18.5. The second-order valence-corrected chi connectivity index (χ2v) is 6.72. The van der Waals surface area contributed by atoms with Crippen LogP contribution in [0, 0.1) is 0 Å². The van der Waals surface area contributed by atoms with E-state index in [1.54, 1.807) is 25.1 Å². The summed E-state index contributed by atoms with van der Waals surface area (Å²) in [7, 11) is 0. The number of carbonyl (C=O) groups is 3. The highest BCUT2D eigenvalue weighted by molar-refractivity contribution is 9.10. The average Bonchev–Trinajstić information content (AvgIpc) is 2.63. The molecule has 0 heterocycles. The van der Waals surface area contributed by atoms with Gasteiger partial charge in [0.1, 0.15) is 5.75 Å². The number of aliphatic carboxylic acids is 2. The van der Waals surface area contributed by atoms with Crippen LogP contribution in [-0.2, 0) is 14.4 Å². The molecule has 0 bridgehead atoms. The Kier molecular flexibility index (Phi) is 16.8. The van der Waals surface area contributed by atoms with Gasteiger partial charge in [0, 0.05) is 17.2 Å². The van der Waals surface area contributed by atoms with Crippen LogP contribution in [0.25, 0.3) is 0 Å². The van der Waals surface area contributed by atoms with Crippen LogP contribution in [-0.4, -0.2) is 56.8 Å². The first-order valence-corrected chi connectivity index (χ1v) is 9.57. The summed E-state index contributed by atoms with van der Waals surface area (Å²) in [6, 6.07) is 7.17. The summed E-state index contributed by atoms with van der Waals surface area (Å²) in [6.45, 7) is 6.49. The fourth-order valence-corrected chi connectivity index (χ4v) is 1.83. The predicted molar refractivity (Wildman–Crippen MR) is 115 cm³/mol. The molecule has 1 aromatic rings. The zero-order chi connectivity index (χ0) is 23.0. The van der Waals surface area contributed by atoms with E-state index in [0.29, 0.717) is 23.2 Å². The van der Waals surface area contributed by atoms with Crippen LogP contribution in [0.2, 0.25) is 0 Å². The third kappa shape index (κ3) is 16.5. The van der Waals surface area contributed by atoms with E-state index in [2.05, 4.69) is 35.1 Å². The van der Waals surface area contributed by atoms with E-state index >= 15 is 0 Å². The molecule has 4 N–H and O–H groups in total. The minimum atomic E-state index is -1.25. The highest BCUT2D eigenvalue weighted by Crippen LogP contribution is 2.24. The summed E-state index contributed by atoms with van der Waals surface area (Å²) in [5, 5.41) is 32.6. The van der Waals surface area contributed by atoms with E-state index in [1.165, 1.54) is 6.92 Å². The first kappa shape index (κ1) is 29.1. The van der Waals surface area contributed by atoms with Crippen molar-refractivity contribution in [3.8, 4) is 5.75 Å². The Bertz CT molecular complexity index is 716. The number of aliphatic hydroxyl groups is 2. The van der Waals surface area contributed by atoms with Gasteiger partial charge in [0.2, 0.25) is 0 Å². The summed E-state index contributed by atoms with van der Waals surface area (Å²) in [6.07, 6.45) is 0.276. The highest BCUT2D eigenvalue weighted by atomic mass is 79.9. The molecule has 0 aliphatic rings. The van der Waals surface area contributed by atoms with Crippen LogP contribution in [0.15, 0.2) is 52.5 Å². The number of hydrogen-bond donors (Lipinski definition) is 5. The van der Waals surface area contributed by atoms with Crippen LogP contribution in [0.4, 0.5) is 0 Å². The minimum Gasteiger partial charge on any atom is -0.478 e. The van der Waals surface area contributed by atoms with Gasteiger partial charge in [0.25, 0.3) is 0 Å². The van der Waals surface area contributed by atoms with Gasteiger partial charge >= 0.3 is 17.9 Å². The van der Waals surface area contributed by atoms with E-state index in [1.807, 2.05) is 6.07 Å². The molecule has 0 saturated carbocycles. The molecular weight excluding hydrogens is 468 g/mol. The summed E-state index contributed by atoms with van der Waals surface area (Å²) < 4.78 is 5.78. The monoisotopic (exact) mass is 492 g/mol. The normalized spacial score (nSPS) is 11.0. The number of benzene rings is 1. The fourth-order valence-electron chi connectivity index (χ4n) is 1.22. The summed E-state index contributed by atoms with van der Waals surface area (Å²) >= 11 is 7.05. The SMILES string of the molecule is C=C(C)C(=O)Oc1ccccc1Br.CC(O)CO.O=C(O)C=C(CCS)C(=O)O. The number of thiol groups is 1. The molecule has 0 amide bonds. The second kappa shape index (κ2) is 16.8. The second-order valence-electron chi connectivity index (χ2n) is 5.42.